The van der Waals surface area contributed by atoms with Crippen LogP contribution in [-0.2, 0) is 0 Å². The molecule has 2 atom stereocenters. The zero-order valence-electron chi connectivity index (χ0n) is 12.4. The molecular weight excluding hydrogens is 206 g/mol. The van der Waals surface area contributed by atoms with Crippen LogP contribution in [0.25, 0.3) is 0 Å². The van der Waals surface area contributed by atoms with Gasteiger partial charge in [-0.1, -0.05) is 57.5 Å². The summed E-state index contributed by atoms with van der Waals surface area (Å²) in [6, 6.07) is 9.89. The third kappa shape index (κ3) is 5.88. The smallest absolute Gasteiger partial charge is 0.0320 e. The van der Waals surface area contributed by atoms with Crippen molar-refractivity contribution in [3.05, 3.63) is 35.4 Å². The van der Waals surface area contributed by atoms with Crippen LogP contribution in [0.1, 0.15) is 64.6 Å². The van der Waals surface area contributed by atoms with E-state index >= 15 is 0 Å². The third-order valence-electron chi connectivity index (χ3n) is 2.95. The summed E-state index contributed by atoms with van der Waals surface area (Å²) >= 11 is 0. The van der Waals surface area contributed by atoms with Gasteiger partial charge in [0.15, 0.2) is 0 Å². The van der Waals surface area contributed by atoms with Gasteiger partial charge in [0.25, 0.3) is 0 Å². The molecule has 1 aromatic carbocycles. The van der Waals surface area contributed by atoms with Crippen molar-refractivity contribution in [1.29, 1.82) is 0 Å². The van der Waals surface area contributed by atoms with E-state index in [1.54, 1.807) is 0 Å². The van der Waals surface area contributed by atoms with Gasteiger partial charge in [0, 0.05) is 12.1 Å². The number of aryl methyl sites for hydroxylation is 1. The van der Waals surface area contributed by atoms with Gasteiger partial charge < -0.3 is 5.32 Å². The summed E-state index contributed by atoms with van der Waals surface area (Å²) in [5, 5.41) is 3.66. The molecule has 1 heteroatoms. The molecule has 0 bridgehead atoms. The first-order valence-electron chi connectivity index (χ1n) is 7.00. The molecule has 0 aromatic heterocycles. The van der Waals surface area contributed by atoms with Gasteiger partial charge in [0.05, 0.1) is 0 Å². The molecule has 0 spiro atoms. The fourth-order valence-corrected chi connectivity index (χ4v) is 1.80. The van der Waals surface area contributed by atoms with E-state index in [1.807, 2.05) is 13.8 Å². The second kappa shape index (κ2) is 9.23. The van der Waals surface area contributed by atoms with E-state index < -0.39 is 0 Å². The molecular formula is C16H29N. The Hall–Kier alpha value is -0.820. The maximum absolute atomic E-state index is 3.66. The molecule has 17 heavy (non-hydrogen) atoms. The molecule has 0 fully saturated rings. The van der Waals surface area contributed by atoms with Crippen LogP contribution in [0, 0.1) is 6.92 Å². The lowest BCUT2D eigenvalue weighted by Crippen LogP contribution is -2.29. The van der Waals surface area contributed by atoms with Gasteiger partial charge >= 0.3 is 0 Å². The fraction of sp³-hybridized carbons (Fsp3) is 0.625. The van der Waals surface area contributed by atoms with Gasteiger partial charge in [-0.25, -0.2) is 0 Å². The minimum atomic E-state index is 0.500. The van der Waals surface area contributed by atoms with Gasteiger partial charge in [-0.2, -0.15) is 0 Å². The Morgan fingerprint density at radius 1 is 1.12 bits per heavy atom. The maximum atomic E-state index is 3.66. The summed E-state index contributed by atoms with van der Waals surface area (Å²) in [5.74, 6) is 0. The van der Waals surface area contributed by atoms with E-state index in [1.165, 1.54) is 17.5 Å². The van der Waals surface area contributed by atoms with Crippen molar-refractivity contribution in [3.63, 3.8) is 0 Å². The highest BCUT2D eigenvalue weighted by Gasteiger charge is 2.10. The first kappa shape index (κ1) is 16.2. The lowest BCUT2D eigenvalue weighted by Gasteiger charge is -2.22. The minimum absolute atomic E-state index is 0.500. The van der Waals surface area contributed by atoms with Crippen molar-refractivity contribution in [1.82, 2.24) is 5.32 Å². The van der Waals surface area contributed by atoms with E-state index in [0.717, 1.165) is 6.42 Å². The molecule has 0 saturated heterocycles. The summed E-state index contributed by atoms with van der Waals surface area (Å²) in [7, 11) is 0. The summed E-state index contributed by atoms with van der Waals surface area (Å²) in [6.45, 7) is 12.9. The monoisotopic (exact) mass is 235 g/mol. The van der Waals surface area contributed by atoms with E-state index in [-0.39, 0.29) is 0 Å². The first-order chi connectivity index (χ1) is 8.17. The summed E-state index contributed by atoms with van der Waals surface area (Å²) < 4.78 is 0. The normalized spacial score (nSPS) is 13.5. The lowest BCUT2D eigenvalue weighted by molar-refractivity contribution is 0.437. The highest BCUT2D eigenvalue weighted by atomic mass is 14.9. The molecule has 0 saturated carbocycles. The Bertz CT molecular complexity index is 293. The predicted molar refractivity (Wildman–Crippen MR) is 78.4 cm³/mol. The molecule has 98 valence electrons. The van der Waals surface area contributed by atoms with E-state index in [0.29, 0.717) is 12.1 Å². The second-order valence-electron chi connectivity index (χ2n) is 4.35. The van der Waals surface area contributed by atoms with Gasteiger partial charge in [-0.15, -0.1) is 0 Å². The minimum Gasteiger partial charge on any atom is -0.307 e. The summed E-state index contributed by atoms with van der Waals surface area (Å²) in [5.41, 5.74) is 2.76. The lowest BCUT2D eigenvalue weighted by atomic mass is 10.0. The van der Waals surface area contributed by atoms with E-state index in [9.17, 15) is 0 Å². The van der Waals surface area contributed by atoms with Crippen LogP contribution in [0.5, 0.6) is 0 Å². The van der Waals surface area contributed by atoms with E-state index in [4.69, 9.17) is 0 Å². The maximum Gasteiger partial charge on any atom is 0.0320 e. The quantitative estimate of drug-likeness (QED) is 0.768. The Balaban J connectivity index is 0.00000121. The summed E-state index contributed by atoms with van der Waals surface area (Å²) in [6.07, 6.45) is 2.33. The van der Waals surface area contributed by atoms with Crippen LogP contribution in [0.3, 0.4) is 0 Å². The molecule has 0 amide bonds. The Kier molecular flexibility index (Phi) is 8.79. The highest BCUT2D eigenvalue weighted by Crippen LogP contribution is 2.18. The second-order valence-corrected chi connectivity index (χ2v) is 4.35. The van der Waals surface area contributed by atoms with Crippen molar-refractivity contribution in [2.45, 2.75) is 66.5 Å². The number of rotatable bonds is 5. The Labute approximate surface area is 108 Å². The largest absolute Gasteiger partial charge is 0.307 e. The van der Waals surface area contributed by atoms with E-state index in [2.05, 4.69) is 57.3 Å². The highest BCUT2D eigenvalue weighted by molar-refractivity contribution is 5.25. The molecule has 1 nitrogen and oxygen atoms in total. The van der Waals surface area contributed by atoms with Crippen molar-refractivity contribution >= 4 is 0 Å². The molecule has 1 aromatic rings. The van der Waals surface area contributed by atoms with Gasteiger partial charge in [0.2, 0.25) is 0 Å². The molecule has 0 aliphatic heterocycles. The topological polar surface area (TPSA) is 12.0 Å². The Morgan fingerprint density at radius 2 is 1.76 bits per heavy atom. The molecule has 0 heterocycles. The zero-order valence-corrected chi connectivity index (χ0v) is 12.4. The first-order valence-corrected chi connectivity index (χ1v) is 7.00. The average molecular weight is 235 g/mol. The molecule has 0 radical (unpaired) electrons. The SMILES string of the molecule is CC.CCC(C)NC(CC)c1cccc(C)c1. The van der Waals surface area contributed by atoms with Crippen LogP contribution < -0.4 is 5.32 Å². The van der Waals surface area contributed by atoms with Gasteiger partial charge in [-0.05, 0) is 32.3 Å². The number of hydrogen-bond donors (Lipinski definition) is 1. The molecule has 0 aliphatic rings. The number of hydrogen-bond acceptors (Lipinski definition) is 1. The molecule has 2 unspecified atom stereocenters. The standard InChI is InChI=1S/C14H23N.C2H6/c1-5-12(4)15-14(6-2)13-9-7-8-11(3)10-13;1-2/h7-10,12,14-15H,5-6H2,1-4H3;1-2H3. The van der Waals surface area contributed by atoms with Crippen molar-refractivity contribution in [2.24, 2.45) is 0 Å². The van der Waals surface area contributed by atoms with Gasteiger partial charge in [0.1, 0.15) is 0 Å². The summed E-state index contributed by atoms with van der Waals surface area (Å²) in [4.78, 5) is 0. The van der Waals surface area contributed by atoms with Crippen molar-refractivity contribution in [3.8, 4) is 0 Å². The Morgan fingerprint density at radius 3 is 2.24 bits per heavy atom. The number of benzene rings is 1. The van der Waals surface area contributed by atoms with Crippen LogP contribution >= 0.6 is 0 Å². The van der Waals surface area contributed by atoms with Crippen LogP contribution in [0.4, 0.5) is 0 Å². The van der Waals surface area contributed by atoms with Gasteiger partial charge in [-0.3, -0.25) is 0 Å². The molecule has 0 aliphatic carbocycles. The molecule has 1 N–H and O–H groups in total. The van der Waals surface area contributed by atoms with Crippen molar-refractivity contribution < 1.29 is 0 Å². The zero-order chi connectivity index (χ0) is 13.3. The van der Waals surface area contributed by atoms with Crippen LogP contribution in [0.2, 0.25) is 0 Å². The average Bonchev–Trinajstić information content (AvgIpc) is 2.38. The van der Waals surface area contributed by atoms with Crippen molar-refractivity contribution in [2.75, 3.05) is 0 Å². The fourth-order valence-electron chi connectivity index (χ4n) is 1.80. The van der Waals surface area contributed by atoms with Crippen LogP contribution in [0.15, 0.2) is 24.3 Å². The van der Waals surface area contributed by atoms with Crippen LogP contribution in [-0.4, -0.2) is 6.04 Å². The predicted octanol–water partition coefficient (Wildman–Crippen LogP) is 4.86. The molecule has 1 rings (SSSR count). The third-order valence-corrected chi connectivity index (χ3v) is 2.95. The number of nitrogens with one attached hydrogen (secondary N) is 1.